The minimum absolute atomic E-state index is 0.368. The first kappa shape index (κ1) is 22.1. The number of hydrogen-bond donors (Lipinski definition) is 0. The number of fused-ring (bicyclic) bond motifs is 6. The smallest absolute Gasteiger partial charge is 0.337 e. The van der Waals surface area contributed by atoms with Crippen LogP contribution in [-0.4, -0.2) is 36.1 Å². The van der Waals surface area contributed by atoms with E-state index in [-0.39, 0.29) is 11.9 Å². The van der Waals surface area contributed by atoms with E-state index in [2.05, 4.69) is 14.7 Å². The fourth-order valence-electron chi connectivity index (χ4n) is 3.95. The number of esters is 2. The van der Waals surface area contributed by atoms with Crippen LogP contribution in [0.2, 0.25) is 0 Å². The average molecular weight is 468 g/mol. The Kier molecular flexibility index (Phi) is 5.62. The number of aryl methyl sites for hydroxylation is 1. The fourth-order valence-corrected chi connectivity index (χ4v) is 3.95. The van der Waals surface area contributed by atoms with Crippen LogP contribution in [0, 0.1) is 6.92 Å². The van der Waals surface area contributed by atoms with Crippen LogP contribution in [0.5, 0.6) is 0 Å². The molecule has 0 bridgehead atoms. The van der Waals surface area contributed by atoms with Gasteiger partial charge in [-0.25, -0.2) is 9.59 Å². The molecule has 4 aromatic heterocycles. The van der Waals surface area contributed by atoms with Crippen molar-refractivity contribution in [1.82, 2.24) is 9.97 Å². The number of pyridine rings is 2. The van der Waals surface area contributed by atoms with E-state index < -0.39 is 0 Å². The summed E-state index contributed by atoms with van der Waals surface area (Å²) in [6, 6.07) is 14.4. The Bertz CT molecular complexity index is 1730. The van der Waals surface area contributed by atoms with E-state index in [1.807, 2.05) is 31.2 Å². The van der Waals surface area contributed by atoms with Gasteiger partial charge in [0.15, 0.2) is 11.2 Å². The number of benzene rings is 2. The average Bonchev–Trinajstić information content (AvgIpc) is 3.46. The van der Waals surface area contributed by atoms with Gasteiger partial charge < -0.3 is 18.3 Å². The lowest BCUT2D eigenvalue weighted by atomic mass is 10.1. The first-order valence-corrected chi connectivity index (χ1v) is 10.7. The van der Waals surface area contributed by atoms with Crippen LogP contribution in [0.25, 0.3) is 43.9 Å². The fraction of sp³-hybridized carbons (Fsp3) is 0.111. The van der Waals surface area contributed by atoms with E-state index in [1.54, 1.807) is 42.9 Å². The van der Waals surface area contributed by atoms with Gasteiger partial charge in [-0.3, -0.25) is 9.97 Å². The maximum Gasteiger partial charge on any atom is 0.337 e. The van der Waals surface area contributed by atoms with E-state index in [9.17, 15) is 9.59 Å². The molecule has 0 aliphatic carbocycles. The van der Waals surface area contributed by atoms with E-state index in [0.717, 1.165) is 32.8 Å². The van der Waals surface area contributed by atoms with Crippen LogP contribution in [0.1, 0.15) is 26.4 Å². The molecule has 8 nitrogen and oxygen atoms in total. The number of nitrogens with zero attached hydrogens (tertiary/aromatic N) is 2. The van der Waals surface area contributed by atoms with Gasteiger partial charge in [-0.15, -0.1) is 0 Å². The zero-order chi connectivity index (χ0) is 24.5. The second kappa shape index (κ2) is 8.90. The molecule has 6 rings (SSSR count). The number of rotatable bonds is 2. The summed E-state index contributed by atoms with van der Waals surface area (Å²) in [6.07, 6.45) is 5.12. The van der Waals surface area contributed by atoms with Gasteiger partial charge in [0, 0.05) is 33.9 Å². The highest BCUT2D eigenvalue weighted by Gasteiger charge is 2.13. The van der Waals surface area contributed by atoms with Gasteiger partial charge >= 0.3 is 11.9 Å². The second-order valence-corrected chi connectivity index (χ2v) is 7.75. The van der Waals surface area contributed by atoms with Gasteiger partial charge in [-0.05, 0) is 55.5 Å². The van der Waals surface area contributed by atoms with Crippen LogP contribution >= 0.6 is 0 Å². The predicted octanol–water partition coefficient (Wildman–Crippen LogP) is 5.84. The molecule has 0 spiro atoms. The monoisotopic (exact) mass is 468 g/mol. The molecule has 174 valence electrons. The Balaban J connectivity index is 0.000000145. The summed E-state index contributed by atoms with van der Waals surface area (Å²) in [7, 11) is 2.72. The lowest BCUT2D eigenvalue weighted by Gasteiger charge is -1.97. The summed E-state index contributed by atoms with van der Waals surface area (Å²) in [5.74, 6) is -0.738. The Morgan fingerprint density at radius 3 is 1.94 bits per heavy atom. The van der Waals surface area contributed by atoms with Gasteiger partial charge in [0.25, 0.3) is 0 Å². The maximum atomic E-state index is 11.5. The molecule has 0 saturated carbocycles. The molecule has 0 aliphatic rings. The third-order valence-corrected chi connectivity index (χ3v) is 5.68. The van der Waals surface area contributed by atoms with Crippen LogP contribution in [0.3, 0.4) is 0 Å². The lowest BCUT2D eigenvalue weighted by molar-refractivity contribution is 0.0592. The maximum absolute atomic E-state index is 11.5. The van der Waals surface area contributed by atoms with Crippen molar-refractivity contribution in [3.8, 4) is 0 Å². The van der Waals surface area contributed by atoms with E-state index in [4.69, 9.17) is 13.6 Å². The summed E-state index contributed by atoms with van der Waals surface area (Å²) in [5, 5.41) is 3.94. The third-order valence-electron chi connectivity index (χ3n) is 5.68. The Labute approximate surface area is 199 Å². The van der Waals surface area contributed by atoms with Crippen molar-refractivity contribution in [1.29, 1.82) is 0 Å². The molecule has 0 fully saturated rings. The normalized spacial score (nSPS) is 10.9. The third kappa shape index (κ3) is 3.95. The highest BCUT2D eigenvalue weighted by atomic mass is 16.5. The number of hydrogen-bond acceptors (Lipinski definition) is 8. The van der Waals surface area contributed by atoms with Crippen molar-refractivity contribution < 1.29 is 27.9 Å². The Morgan fingerprint density at radius 2 is 1.29 bits per heavy atom. The number of carbonyl (C=O) groups excluding carboxylic acids is 2. The molecule has 8 heteroatoms. The topological polar surface area (TPSA) is 105 Å². The lowest BCUT2D eigenvalue weighted by Crippen LogP contribution is -1.99. The largest absolute Gasteiger partial charge is 0.465 e. The standard InChI is InChI=1S/C14H11NO3.C13H9NO3/c1-8-13-11(5-6-15-8)10-4-3-9(14(16)17-2)7-12(10)18-13;1-16-13(15)8-2-3-9-10-4-5-14-7-12(10)17-11(9)6-8/h3-7H,1-2H3;2-7H,1H3. The van der Waals surface area contributed by atoms with Gasteiger partial charge in [0.2, 0.25) is 0 Å². The predicted molar refractivity (Wildman–Crippen MR) is 130 cm³/mol. The highest BCUT2D eigenvalue weighted by Crippen LogP contribution is 2.31. The van der Waals surface area contributed by atoms with Crippen LogP contribution in [-0.2, 0) is 9.47 Å². The molecule has 0 amide bonds. The Hall–Kier alpha value is -4.72. The van der Waals surface area contributed by atoms with Crippen LogP contribution in [0.15, 0.2) is 76.0 Å². The molecule has 4 heterocycles. The summed E-state index contributed by atoms with van der Waals surface area (Å²) < 4.78 is 20.7. The highest BCUT2D eigenvalue weighted by molar-refractivity contribution is 6.08. The number of ether oxygens (including phenoxy) is 2. The van der Waals surface area contributed by atoms with Crippen LogP contribution < -0.4 is 0 Å². The number of carbonyl (C=O) groups is 2. The van der Waals surface area contributed by atoms with E-state index in [0.29, 0.717) is 27.9 Å². The summed E-state index contributed by atoms with van der Waals surface area (Å²) >= 11 is 0. The summed E-state index contributed by atoms with van der Waals surface area (Å²) in [6.45, 7) is 1.89. The van der Waals surface area contributed by atoms with Crippen molar-refractivity contribution >= 4 is 55.8 Å². The molecule has 0 atom stereocenters. The van der Waals surface area contributed by atoms with Crippen molar-refractivity contribution in [2.75, 3.05) is 14.2 Å². The molecule has 0 saturated heterocycles. The van der Waals surface area contributed by atoms with Crippen molar-refractivity contribution in [2.45, 2.75) is 6.92 Å². The number of methoxy groups -OCH3 is 2. The molecule has 0 aliphatic heterocycles. The minimum atomic E-state index is -0.370. The quantitative estimate of drug-likeness (QED) is 0.292. The SMILES string of the molecule is COC(=O)c1ccc2c(c1)oc1c(C)nccc12.COC(=O)c1ccc2c(c1)oc1cnccc12. The molecule has 0 radical (unpaired) electrons. The first-order valence-electron chi connectivity index (χ1n) is 10.7. The van der Waals surface area contributed by atoms with Crippen LogP contribution in [0.4, 0.5) is 0 Å². The molecule has 2 aromatic carbocycles. The number of aromatic nitrogens is 2. The van der Waals surface area contributed by atoms with E-state index >= 15 is 0 Å². The van der Waals surface area contributed by atoms with Gasteiger partial charge in [-0.2, -0.15) is 0 Å². The van der Waals surface area contributed by atoms with E-state index in [1.165, 1.54) is 14.2 Å². The summed E-state index contributed by atoms with van der Waals surface area (Å²) in [4.78, 5) is 31.0. The van der Waals surface area contributed by atoms with Crippen molar-refractivity contribution in [3.63, 3.8) is 0 Å². The molecular formula is C27H20N2O6. The molecular weight excluding hydrogens is 448 g/mol. The minimum Gasteiger partial charge on any atom is -0.465 e. The first-order chi connectivity index (χ1) is 17.0. The van der Waals surface area contributed by atoms with Crippen molar-refractivity contribution in [3.05, 3.63) is 83.9 Å². The molecule has 35 heavy (non-hydrogen) atoms. The van der Waals surface area contributed by atoms with Gasteiger partial charge in [0.05, 0.1) is 37.2 Å². The van der Waals surface area contributed by atoms with Gasteiger partial charge in [0.1, 0.15) is 11.2 Å². The molecule has 0 unspecified atom stereocenters. The molecule has 6 aromatic rings. The molecule has 0 N–H and O–H groups in total. The zero-order valence-corrected chi connectivity index (χ0v) is 19.2. The Morgan fingerprint density at radius 1 is 0.714 bits per heavy atom. The number of furan rings is 2. The zero-order valence-electron chi connectivity index (χ0n) is 19.2. The second-order valence-electron chi connectivity index (χ2n) is 7.75. The van der Waals surface area contributed by atoms with Crippen molar-refractivity contribution in [2.24, 2.45) is 0 Å². The van der Waals surface area contributed by atoms with Gasteiger partial charge in [-0.1, -0.05) is 0 Å². The summed E-state index contributed by atoms with van der Waals surface area (Å²) in [5.41, 5.74) is 4.60.